The number of anilines is 2. The molecule has 0 aromatic heterocycles. The molecule has 1 aromatic rings. The normalized spacial score (nSPS) is 9.94. The summed E-state index contributed by atoms with van der Waals surface area (Å²) in [4.78, 5) is 2.20. The number of benzene rings is 1. The molecule has 0 aliphatic carbocycles. The molecule has 0 saturated carbocycles. The summed E-state index contributed by atoms with van der Waals surface area (Å²) in [6.45, 7) is 1.02. The smallest absolute Gasteiger partial charge is 0.0670 e. The fourth-order valence-corrected chi connectivity index (χ4v) is 2.06. The van der Waals surface area contributed by atoms with Crippen molar-refractivity contribution in [2.45, 2.75) is 12.8 Å². The molecule has 0 heterocycles. The molecule has 0 spiro atoms. The van der Waals surface area contributed by atoms with Crippen molar-refractivity contribution in [3.8, 4) is 6.07 Å². The van der Waals surface area contributed by atoms with E-state index in [0.29, 0.717) is 12.1 Å². The lowest BCUT2D eigenvalue weighted by Gasteiger charge is -2.20. The van der Waals surface area contributed by atoms with Gasteiger partial charge in [0.2, 0.25) is 0 Å². The molecule has 92 valence electrons. The van der Waals surface area contributed by atoms with E-state index in [1.807, 2.05) is 30.0 Å². The predicted molar refractivity (Wildman–Crippen MR) is 76.4 cm³/mol. The van der Waals surface area contributed by atoms with Crippen molar-refractivity contribution in [3.05, 3.63) is 23.8 Å². The number of nitrogen functional groups attached to an aromatic ring is 1. The minimum Gasteiger partial charge on any atom is -0.398 e. The minimum absolute atomic E-state index is 0.373. The lowest BCUT2D eigenvalue weighted by molar-refractivity contribution is 0.859. The fourth-order valence-electron chi connectivity index (χ4n) is 1.64. The van der Waals surface area contributed by atoms with Crippen molar-refractivity contribution in [3.63, 3.8) is 0 Å². The number of thioether (sulfide) groups is 1. The van der Waals surface area contributed by atoms with E-state index in [2.05, 4.69) is 24.3 Å². The summed E-state index contributed by atoms with van der Waals surface area (Å²) in [6.07, 6.45) is 3.65. The second-order valence-electron chi connectivity index (χ2n) is 3.99. The molecule has 0 atom stereocenters. The summed E-state index contributed by atoms with van der Waals surface area (Å²) in [5.41, 5.74) is 8.57. The average molecular weight is 249 g/mol. The summed E-state index contributed by atoms with van der Waals surface area (Å²) < 4.78 is 0. The van der Waals surface area contributed by atoms with Gasteiger partial charge < -0.3 is 10.6 Å². The lowest BCUT2D eigenvalue weighted by Crippen LogP contribution is -2.19. The van der Waals surface area contributed by atoms with E-state index in [-0.39, 0.29) is 0 Å². The quantitative estimate of drug-likeness (QED) is 0.622. The summed E-state index contributed by atoms with van der Waals surface area (Å²) in [5, 5.41) is 8.73. The number of nitriles is 1. The number of nitrogens with two attached hydrogens (primary N) is 1. The second kappa shape index (κ2) is 7.08. The number of hydrogen-bond donors (Lipinski definition) is 1. The molecular weight excluding hydrogens is 230 g/mol. The monoisotopic (exact) mass is 249 g/mol. The van der Waals surface area contributed by atoms with Crippen LogP contribution in [0.5, 0.6) is 0 Å². The molecule has 0 radical (unpaired) electrons. The Hall–Kier alpha value is -1.34. The zero-order chi connectivity index (χ0) is 12.7. The number of rotatable bonds is 6. The van der Waals surface area contributed by atoms with Crippen LogP contribution in [0.25, 0.3) is 0 Å². The van der Waals surface area contributed by atoms with Crippen molar-refractivity contribution < 1.29 is 0 Å². The third kappa shape index (κ3) is 4.20. The molecule has 0 fully saturated rings. The van der Waals surface area contributed by atoms with Gasteiger partial charge in [0.25, 0.3) is 0 Å². The zero-order valence-electron chi connectivity index (χ0n) is 10.4. The van der Waals surface area contributed by atoms with Crippen LogP contribution >= 0.6 is 11.8 Å². The highest BCUT2D eigenvalue weighted by Crippen LogP contribution is 2.21. The van der Waals surface area contributed by atoms with Gasteiger partial charge in [-0.05, 0) is 42.2 Å². The molecule has 0 unspecified atom stereocenters. The van der Waals surface area contributed by atoms with Gasteiger partial charge in [0, 0.05) is 25.0 Å². The van der Waals surface area contributed by atoms with Crippen LogP contribution in [0.15, 0.2) is 18.2 Å². The second-order valence-corrected chi connectivity index (χ2v) is 4.97. The molecule has 17 heavy (non-hydrogen) atoms. The highest BCUT2D eigenvalue weighted by Gasteiger charge is 2.04. The third-order valence-electron chi connectivity index (χ3n) is 2.68. The van der Waals surface area contributed by atoms with Crippen molar-refractivity contribution in [1.29, 1.82) is 5.26 Å². The van der Waals surface area contributed by atoms with Gasteiger partial charge in [-0.25, -0.2) is 0 Å². The Balaban J connectivity index is 2.70. The van der Waals surface area contributed by atoms with Gasteiger partial charge in [0.1, 0.15) is 0 Å². The van der Waals surface area contributed by atoms with E-state index in [0.717, 1.165) is 24.2 Å². The van der Waals surface area contributed by atoms with Crippen LogP contribution in [0, 0.1) is 11.3 Å². The van der Waals surface area contributed by atoms with Crippen molar-refractivity contribution in [2.75, 3.05) is 36.2 Å². The first-order chi connectivity index (χ1) is 8.19. The molecule has 0 aliphatic heterocycles. The first-order valence-electron chi connectivity index (χ1n) is 5.64. The Kier molecular flexibility index (Phi) is 5.71. The maximum absolute atomic E-state index is 8.73. The Morgan fingerprint density at radius 2 is 2.24 bits per heavy atom. The SMILES string of the molecule is CSCCCN(C)c1ccc(N)c(CC#N)c1. The molecule has 1 rings (SSSR count). The van der Waals surface area contributed by atoms with Gasteiger partial charge >= 0.3 is 0 Å². The van der Waals surface area contributed by atoms with Gasteiger partial charge in [-0.3, -0.25) is 0 Å². The Bertz CT molecular complexity index is 398. The molecule has 1 aromatic carbocycles. The first kappa shape index (κ1) is 13.7. The summed E-state index contributed by atoms with van der Waals surface area (Å²) >= 11 is 1.86. The maximum Gasteiger partial charge on any atom is 0.0670 e. The molecule has 0 aliphatic rings. The van der Waals surface area contributed by atoms with Gasteiger partial charge in [-0.1, -0.05) is 0 Å². The summed E-state index contributed by atoms with van der Waals surface area (Å²) in [6, 6.07) is 8.04. The van der Waals surface area contributed by atoms with E-state index in [9.17, 15) is 0 Å². The zero-order valence-corrected chi connectivity index (χ0v) is 11.3. The predicted octanol–water partition coefficient (Wildman–Crippen LogP) is 2.52. The fraction of sp³-hybridized carbons (Fsp3) is 0.462. The molecule has 3 nitrogen and oxygen atoms in total. The molecular formula is C13H19N3S. The molecule has 2 N–H and O–H groups in total. The highest BCUT2D eigenvalue weighted by molar-refractivity contribution is 7.98. The van der Waals surface area contributed by atoms with Crippen LogP contribution in [0.3, 0.4) is 0 Å². The Labute approximate surface area is 108 Å². The number of nitrogens with zero attached hydrogens (tertiary/aromatic N) is 2. The van der Waals surface area contributed by atoms with Crippen molar-refractivity contribution in [2.24, 2.45) is 0 Å². The first-order valence-corrected chi connectivity index (χ1v) is 7.04. The lowest BCUT2D eigenvalue weighted by atomic mass is 10.1. The largest absolute Gasteiger partial charge is 0.398 e. The van der Waals surface area contributed by atoms with E-state index in [1.54, 1.807) is 0 Å². The third-order valence-corrected chi connectivity index (χ3v) is 3.38. The number of hydrogen-bond acceptors (Lipinski definition) is 4. The van der Waals surface area contributed by atoms with E-state index >= 15 is 0 Å². The molecule has 0 bridgehead atoms. The van der Waals surface area contributed by atoms with Crippen LogP contribution < -0.4 is 10.6 Å². The van der Waals surface area contributed by atoms with Crippen LogP contribution in [-0.4, -0.2) is 25.6 Å². The summed E-state index contributed by atoms with van der Waals surface area (Å²) in [7, 11) is 2.07. The van der Waals surface area contributed by atoms with E-state index in [4.69, 9.17) is 11.0 Å². The maximum atomic E-state index is 8.73. The standard InChI is InChI=1S/C13H19N3S/c1-16(8-3-9-17-2)12-4-5-13(15)11(10-12)6-7-14/h4-5,10H,3,6,8-9,15H2,1-2H3. The van der Waals surface area contributed by atoms with Crippen LogP contribution in [-0.2, 0) is 6.42 Å². The minimum atomic E-state index is 0.373. The van der Waals surface area contributed by atoms with Crippen molar-refractivity contribution in [1.82, 2.24) is 0 Å². The van der Waals surface area contributed by atoms with Gasteiger partial charge in [0.15, 0.2) is 0 Å². The van der Waals surface area contributed by atoms with Gasteiger partial charge in [0.05, 0.1) is 12.5 Å². The summed E-state index contributed by atoms with van der Waals surface area (Å²) in [5.74, 6) is 1.17. The Morgan fingerprint density at radius 3 is 2.88 bits per heavy atom. The van der Waals surface area contributed by atoms with E-state index < -0.39 is 0 Å². The van der Waals surface area contributed by atoms with E-state index in [1.165, 1.54) is 5.75 Å². The molecule has 0 amide bonds. The van der Waals surface area contributed by atoms with Crippen LogP contribution in [0.1, 0.15) is 12.0 Å². The highest BCUT2D eigenvalue weighted by atomic mass is 32.2. The van der Waals surface area contributed by atoms with Crippen LogP contribution in [0.4, 0.5) is 11.4 Å². The molecule has 4 heteroatoms. The average Bonchev–Trinajstić information content (AvgIpc) is 2.32. The van der Waals surface area contributed by atoms with Crippen molar-refractivity contribution >= 4 is 23.1 Å². The van der Waals surface area contributed by atoms with Gasteiger partial charge in [-0.2, -0.15) is 17.0 Å². The molecule has 0 saturated heterocycles. The van der Waals surface area contributed by atoms with Gasteiger partial charge in [-0.15, -0.1) is 0 Å². The topological polar surface area (TPSA) is 53.0 Å². The Morgan fingerprint density at radius 1 is 1.47 bits per heavy atom. The van der Waals surface area contributed by atoms with Crippen LogP contribution in [0.2, 0.25) is 0 Å².